The van der Waals surface area contributed by atoms with Crippen LogP contribution in [-0.4, -0.2) is 12.5 Å². The van der Waals surface area contributed by atoms with Crippen molar-refractivity contribution in [3.05, 3.63) is 35.9 Å². The Labute approximate surface area is 109 Å². The molecular weight excluding hydrogens is 232 g/mol. The summed E-state index contributed by atoms with van der Waals surface area (Å²) in [4.78, 5) is 0. The van der Waals surface area contributed by atoms with E-state index in [2.05, 4.69) is 26.0 Å². The van der Waals surface area contributed by atoms with Gasteiger partial charge in [0.15, 0.2) is 0 Å². The smallest absolute Gasteiger partial charge is 0.0716 e. The molecule has 0 amide bonds. The zero-order valence-electron chi connectivity index (χ0n) is 10.7. The van der Waals surface area contributed by atoms with Crippen molar-refractivity contribution in [2.24, 2.45) is 10.8 Å². The number of benzene rings is 1. The van der Waals surface area contributed by atoms with Gasteiger partial charge in [-0.25, -0.2) is 0 Å². The van der Waals surface area contributed by atoms with Crippen molar-refractivity contribution in [1.29, 1.82) is 0 Å². The SMILES string of the molecule is CC1(C)CC1(CCl)CCOCc1ccccc1. The van der Waals surface area contributed by atoms with Crippen molar-refractivity contribution in [3.8, 4) is 0 Å². The second-order valence-corrected chi connectivity index (χ2v) is 6.03. The maximum absolute atomic E-state index is 6.08. The normalized spacial score (nSPS) is 25.8. The number of ether oxygens (including phenoxy) is 1. The highest BCUT2D eigenvalue weighted by Crippen LogP contribution is 2.65. The van der Waals surface area contributed by atoms with Crippen LogP contribution in [0.5, 0.6) is 0 Å². The summed E-state index contributed by atoms with van der Waals surface area (Å²) in [5, 5.41) is 0. The molecule has 0 heterocycles. The van der Waals surface area contributed by atoms with E-state index >= 15 is 0 Å². The van der Waals surface area contributed by atoms with E-state index in [1.54, 1.807) is 0 Å². The topological polar surface area (TPSA) is 9.23 Å². The van der Waals surface area contributed by atoms with Crippen LogP contribution in [0.2, 0.25) is 0 Å². The summed E-state index contributed by atoms with van der Waals surface area (Å²) in [6, 6.07) is 10.3. The van der Waals surface area contributed by atoms with Gasteiger partial charge in [0, 0.05) is 12.5 Å². The number of alkyl halides is 1. The summed E-state index contributed by atoms with van der Waals surface area (Å²) in [5.74, 6) is 0.759. The van der Waals surface area contributed by atoms with Gasteiger partial charge in [0.2, 0.25) is 0 Å². The Bertz CT molecular complexity index is 360. The molecule has 1 nitrogen and oxygen atoms in total. The van der Waals surface area contributed by atoms with Crippen molar-refractivity contribution in [2.45, 2.75) is 33.3 Å². The van der Waals surface area contributed by atoms with Gasteiger partial charge >= 0.3 is 0 Å². The number of hydrogen-bond acceptors (Lipinski definition) is 1. The van der Waals surface area contributed by atoms with E-state index in [1.165, 1.54) is 12.0 Å². The van der Waals surface area contributed by atoms with Crippen molar-refractivity contribution in [3.63, 3.8) is 0 Å². The molecule has 0 radical (unpaired) electrons. The Morgan fingerprint density at radius 3 is 2.41 bits per heavy atom. The van der Waals surface area contributed by atoms with E-state index in [0.29, 0.717) is 17.4 Å². The predicted octanol–water partition coefficient (Wildman–Crippen LogP) is 4.25. The number of rotatable bonds is 6. The average Bonchev–Trinajstić information content (AvgIpc) is 2.89. The molecule has 0 aromatic heterocycles. The van der Waals surface area contributed by atoms with Crippen LogP contribution in [0.4, 0.5) is 0 Å². The third-order valence-electron chi connectivity index (χ3n) is 4.18. The van der Waals surface area contributed by atoms with E-state index in [4.69, 9.17) is 16.3 Å². The summed E-state index contributed by atoms with van der Waals surface area (Å²) in [5.41, 5.74) is 1.97. The molecule has 0 saturated heterocycles. The van der Waals surface area contributed by atoms with Gasteiger partial charge in [0.05, 0.1) is 6.61 Å². The second-order valence-electron chi connectivity index (χ2n) is 5.76. The Balaban J connectivity index is 1.71. The zero-order chi connectivity index (χ0) is 12.4. The minimum absolute atomic E-state index is 0.325. The monoisotopic (exact) mass is 252 g/mol. The quantitative estimate of drug-likeness (QED) is 0.543. The molecule has 1 fully saturated rings. The van der Waals surface area contributed by atoms with Gasteiger partial charge in [-0.2, -0.15) is 0 Å². The van der Waals surface area contributed by atoms with Crippen LogP contribution in [0.25, 0.3) is 0 Å². The molecule has 1 aromatic rings. The van der Waals surface area contributed by atoms with Crippen LogP contribution in [0.3, 0.4) is 0 Å². The molecule has 1 aliphatic carbocycles. The van der Waals surface area contributed by atoms with Gasteiger partial charge in [-0.3, -0.25) is 0 Å². The van der Waals surface area contributed by atoms with Crippen molar-refractivity contribution in [1.82, 2.24) is 0 Å². The molecule has 1 atom stereocenters. The Morgan fingerprint density at radius 2 is 1.88 bits per heavy atom. The fourth-order valence-electron chi connectivity index (χ4n) is 2.56. The van der Waals surface area contributed by atoms with Crippen molar-refractivity contribution < 1.29 is 4.74 Å². The largest absolute Gasteiger partial charge is 0.377 e. The summed E-state index contributed by atoms with van der Waals surface area (Å²) >= 11 is 6.08. The van der Waals surface area contributed by atoms with E-state index in [0.717, 1.165) is 18.9 Å². The van der Waals surface area contributed by atoms with E-state index in [9.17, 15) is 0 Å². The molecule has 1 aliphatic rings. The molecule has 1 unspecified atom stereocenters. The van der Waals surface area contributed by atoms with Crippen LogP contribution in [0, 0.1) is 10.8 Å². The molecule has 1 aromatic carbocycles. The first-order valence-electron chi connectivity index (χ1n) is 6.27. The summed E-state index contributed by atoms with van der Waals surface area (Å²) in [6.07, 6.45) is 2.31. The standard InChI is InChI=1S/C15H21ClO/c1-14(2)11-15(14,12-16)8-9-17-10-13-6-4-3-5-7-13/h3-7H,8-12H2,1-2H3. The molecule has 0 N–H and O–H groups in total. The fraction of sp³-hybridized carbons (Fsp3) is 0.600. The summed E-state index contributed by atoms with van der Waals surface area (Å²) < 4.78 is 5.73. The second kappa shape index (κ2) is 4.99. The first kappa shape index (κ1) is 12.9. The van der Waals surface area contributed by atoms with Crippen molar-refractivity contribution >= 4 is 11.6 Å². The van der Waals surface area contributed by atoms with Gasteiger partial charge in [0.1, 0.15) is 0 Å². The third-order valence-corrected chi connectivity index (χ3v) is 4.69. The van der Waals surface area contributed by atoms with Crippen LogP contribution in [0.1, 0.15) is 32.3 Å². The number of hydrogen-bond donors (Lipinski definition) is 0. The summed E-state index contributed by atoms with van der Waals surface area (Å²) in [6.45, 7) is 6.11. The van der Waals surface area contributed by atoms with Gasteiger partial charge in [0.25, 0.3) is 0 Å². The highest BCUT2D eigenvalue weighted by Gasteiger charge is 2.59. The lowest BCUT2D eigenvalue weighted by Crippen LogP contribution is -2.14. The minimum Gasteiger partial charge on any atom is -0.377 e. The first-order valence-corrected chi connectivity index (χ1v) is 6.81. The molecular formula is C15H21ClO. The highest BCUT2D eigenvalue weighted by molar-refractivity contribution is 6.18. The molecule has 1 saturated carbocycles. The van der Waals surface area contributed by atoms with Gasteiger partial charge in [-0.15, -0.1) is 11.6 Å². The van der Waals surface area contributed by atoms with Gasteiger partial charge in [-0.05, 0) is 29.2 Å². The Kier molecular flexibility index (Phi) is 3.79. The third kappa shape index (κ3) is 2.83. The zero-order valence-corrected chi connectivity index (χ0v) is 11.5. The minimum atomic E-state index is 0.325. The van der Waals surface area contributed by atoms with Gasteiger partial charge in [-0.1, -0.05) is 44.2 Å². The predicted molar refractivity (Wildman–Crippen MR) is 72.3 cm³/mol. The first-order chi connectivity index (χ1) is 8.10. The lowest BCUT2D eigenvalue weighted by atomic mass is 9.95. The Morgan fingerprint density at radius 1 is 1.24 bits per heavy atom. The van der Waals surface area contributed by atoms with Crippen LogP contribution < -0.4 is 0 Å². The van der Waals surface area contributed by atoms with E-state index in [1.807, 2.05) is 18.2 Å². The molecule has 0 spiro atoms. The molecule has 17 heavy (non-hydrogen) atoms. The average molecular weight is 253 g/mol. The number of halogens is 1. The van der Waals surface area contributed by atoms with Crippen LogP contribution in [0.15, 0.2) is 30.3 Å². The molecule has 2 heteroatoms. The fourth-order valence-corrected chi connectivity index (χ4v) is 3.15. The van der Waals surface area contributed by atoms with E-state index < -0.39 is 0 Å². The maximum Gasteiger partial charge on any atom is 0.0716 e. The Hall–Kier alpha value is -0.530. The van der Waals surface area contributed by atoms with Crippen molar-refractivity contribution in [2.75, 3.05) is 12.5 Å². The summed E-state index contributed by atoms with van der Waals surface area (Å²) in [7, 11) is 0. The molecule has 0 bridgehead atoms. The van der Waals surface area contributed by atoms with Gasteiger partial charge < -0.3 is 4.74 Å². The molecule has 2 rings (SSSR count). The van der Waals surface area contributed by atoms with E-state index in [-0.39, 0.29) is 0 Å². The molecule has 0 aliphatic heterocycles. The van der Waals surface area contributed by atoms with Crippen LogP contribution in [-0.2, 0) is 11.3 Å². The molecule has 94 valence electrons. The lowest BCUT2D eigenvalue weighted by molar-refractivity contribution is 0.101. The maximum atomic E-state index is 6.08. The lowest BCUT2D eigenvalue weighted by Gasteiger charge is -2.17. The highest BCUT2D eigenvalue weighted by atomic mass is 35.5. The van der Waals surface area contributed by atoms with Crippen LogP contribution >= 0.6 is 11.6 Å².